The lowest BCUT2D eigenvalue weighted by Gasteiger charge is -2.07. The van der Waals surface area contributed by atoms with Crippen LogP contribution < -0.4 is 15.6 Å². The van der Waals surface area contributed by atoms with Crippen LogP contribution in [0.3, 0.4) is 0 Å². The maximum Gasteiger partial charge on any atom is 0.269 e. The van der Waals surface area contributed by atoms with Gasteiger partial charge in [-0.05, 0) is 17.7 Å². The summed E-state index contributed by atoms with van der Waals surface area (Å²) in [6, 6.07) is 17.0. The summed E-state index contributed by atoms with van der Waals surface area (Å²) in [4.78, 5) is 33.0. The highest BCUT2D eigenvalue weighted by Crippen LogP contribution is 2.15. The van der Waals surface area contributed by atoms with Gasteiger partial charge in [-0.25, -0.2) is 4.98 Å². The van der Waals surface area contributed by atoms with Crippen LogP contribution in [0.1, 0.15) is 11.4 Å². The lowest BCUT2D eigenvalue weighted by molar-refractivity contribution is -0.116. The highest BCUT2D eigenvalue weighted by Gasteiger charge is 2.11. The standard InChI is InChI=1S/C22H20N6O3/c1-31-17-9-7-15(8-10-17)11-19-24-22(27-26-19)25-20(29)14-28-13-18(23-12-21(28)30)16-5-3-2-4-6-16/h2-10,12-13H,11,14H2,1H3,(H2,24,25,26,27,29). The molecule has 4 aromatic rings. The third kappa shape index (κ3) is 5.02. The molecule has 2 N–H and O–H groups in total. The molecule has 9 nitrogen and oxygen atoms in total. The lowest BCUT2D eigenvalue weighted by Crippen LogP contribution is -2.27. The van der Waals surface area contributed by atoms with E-state index in [9.17, 15) is 9.59 Å². The summed E-state index contributed by atoms with van der Waals surface area (Å²) in [6.45, 7) is -0.177. The van der Waals surface area contributed by atoms with Crippen LogP contribution >= 0.6 is 0 Å². The molecular weight excluding hydrogens is 396 g/mol. The zero-order valence-electron chi connectivity index (χ0n) is 16.8. The molecule has 156 valence electrons. The Bertz CT molecular complexity index is 1230. The quantitative estimate of drug-likeness (QED) is 0.478. The van der Waals surface area contributed by atoms with E-state index in [1.807, 2.05) is 54.6 Å². The first-order valence-corrected chi connectivity index (χ1v) is 9.56. The van der Waals surface area contributed by atoms with Crippen LogP contribution in [0.15, 0.2) is 71.8 Å². The SMILES string of the molecule is COc1ccc(Cc2nc(NC(=O)Cn3cc(-c4ccccc4)ncc3=O)n[nH]2)cc1. The van der Waals surface area contributed by atoms with Crippen LogP contribution in [-0.2, 0) is 17.8 Å². The zero-order valence-corrected chi connectivity index (χ0v) is 16.8. The molecule has 0 fully saturated rings. The van der Waals surface area contributed by atoms with Crippen LogP contribution in [-0.4, -0.2) is 37.7 Å². The maximum atomic E-state index is 12.4. The number of carbonyl (C=O) groups is 1. The van der Waals surface area contributed by atoms with E-state index in [1.165, 1.54) is 10.8 Å². The van der Waals surface area contributed by atoms with Gasteiger partial charge < -0.3 is 9.30 Å². The van der Waals surface area contributed by atoms with Crippen LogP contribution in [0, 0.1) is 0 Å². The van der Waals surface area contributed by atoms with Crippen molar-refractivity contribution in [1.29, 1.82) is 0 Å². The molecule has 0 aliphatic heterocycles. The minimum atomic E-state index is -0.415. The van der Waals surface area contributed by atoms with Gasteiger partial charge in [0.25, 0.3) is 5.56 Å². The second-order valence-corrected chi connectivity index (χ2v) is 6.78. The molecule has 0 saturated heterocycles. The largest absolute Gasteiger partial charge is 0.497 e. The van der Waals surface area contributed by atoms with Gasteiger partial charge in [-0.15, -0.1) is 5.10 Å². The van der Waals surface area contributed by atoms with Gasteiger partial charge in [-0.3, -0.25) is 20.0 Å². The molecule has 0 spiro atoms. The van der Waals surface area contributed by atoms with Gasteiger partial charge in [0.1, 0.15) is 18.1 Å². The molecule has 2 aromatic heterocycles. The lowest BCUT2D eigenvalue weighted by atomic mass is 10.1. The van der Waals surface area contributed by atoms with E-state index in [0.29, 0.717) is 17.9 Å². The zero-order chi connectivity index (χ0) is 21.6. The second-order valence-electron chi connectivity index (χ2n) is 6.78. The van der Waals surface area contributed by atoms with Crippen molar-refractivity contribution in [2.24, 2.45) is 0 Å². The van der Waals surface area contributed by atoms with E-state index in [1.54, 1.807) is 13.3 Å². The highest BCUT2D eigenvalue weighted by atomic mass is 16.5. The average molecular weight is 416 g/mol. The summed E-state index contributed by atoms with van der Waals surface area (Å²) < 4.78 is 6.45. The number of carbonyl (C=O) groups excluding carboxylic acids is 1. The Kier molecular flexibility index (Phi) is 5.84. The number of nitrogens with zero attached hydrogens (tertiary/aromatic N) is 4. The molecule has 0 unspecified atom stereocenters. The van der Waals surface area contributed by atoms with Gasteiger partial charge >= 0.3 is 0 Å². The molecule has 9 heteroatoms. The van der Waals surface area contributed by atoms with E-state index >= 15 is 0 Å². The second kappa shape index (κ2) is 9.04. The molecule has 0 aliphatic carbocycles. The van der Waals surface area contributed by atoms with Gasteiger partial charge in [0.2, 0.25) is 11.9 Å². The minimum Gasteiger partial charge on any atom is -0.497 e. The van der Waals surface area contributed by atoms with Crippen molar-refractivity contribution in [1.82, 2.24) is 24.7 Å². The molecular formula is C22H20N6O3. The highest BCUT2D eigenvalue weighted by molar-refractivity contribution is 5.88. The normalized spacial score (nSPS) is 10.6. The number of H-pyrrole nitrogens is 1. The van der Waals surface area contributed by atoms with Crippen LogP contribution in [0.2, 0.25) is 0 Å². The summed E-state index contributed by atoms with van der Waals surface area (Å²) in [5, 5.41) is 9.44. The topological polar surface area (TPSA) is 115 Å². The molecule has 2 heterocycles. The fraction of sp³-hybridized carbons (Fsp3) is 0.136. The first-order chi connectivity index (χ1) is 15.1. The van der Waals surface area contributed by atoms with Gasteiger partial charge in [0.15, 0.2) is 0 Å². The van der Waals surface area contributed by atoms with E-state index in [-0.39, 0.29) is 18.1 Å². The van der Waals surface area contributed by atoms with Crippen molar-refractivity contribution in [3.8, 4) is 17.0 Å². The number of methoxy groups -OCH3 is 1. The summed E-state index contributed by atoms with van der Waals surface area (Å²) in [5.74, 6) is 1.12. The van der Waals surface area contributed by atoms with Crippen molar-refractivity contribution >= 4 is 11.9 Å². The number of anilines is 1. The minimum absolute atomic E-state index is 0.152. The number of hydrogen-bond donors (Lipinski definition) is 2. The Morgan fingerprint density at radius 2 is 1.90 bits per heavy atom. The average Bonchev–Trinajstić information content (AvgIpc) is 3.23. The van der Waals surface area contributed by atoms with Crippen molar-refractivity contribution < 1.29 is 9.53 Å². The van der Waals surface area contributed by atoms with E-state index in [0.717, 1.165) is 16.9 Å². The van der Waals surface area contributed by atoms with Gasteiger partial charge in [0, 0.05) is 18.2 Å². The number of aromatic nitrogens is 5. The van der Waals surface area contributed by atoms with Gasteiger partial charge in [0.05, 0.1) is 19.0 Å². The molecule has 2 aromatic carbocycles. The summed E-state index contributed by atoms with van der Waals surface area (Å²) in [7, 11) is 1.61. The third-order valence-corrected chi connectivity index (χ3v) is 4.57. The fourth-order valence-corrected chi connectivity index (χ4v) is 3.01. The number of rotatable bonds is 7. The first kappa shape index (κ1) is 20.0. The monoisotopic (exact) mass is 416 g/mol. The van der Waals surface area contributed by atoms with Gasteiger partial charge in [-0.2, -0.15) is 4.98 Å². The molecule has 31 heavy (non-hydrogen) atoms. The first-order valence-electron chi connectivity index (χ1n) is 9.56. The number of nitrogens with one attached hydrogen (secondary N) is 2. The Morgan fingerprint density at radius 1 is 1.13 bits per heavy atom. The van der Waals surface area contributed by atoms with Crippen molar-refractivity contribution in [3.63, 3.8) is 0 Å². The molecule has 0 atom stereocenters. The molecule has 0 saturated carbocycles. The summed E-state index contributed by atoms with van der Waals surface area (Å²) >= 11 is 0. The predicted molar refractivity (Wildman–Crippen MR) is 115 cm³/mol. The van der Waals surface area contributed by atoms with E-state index in [2.05, 4.69) is 25.5 Å². The maximum absolute atomic E-state index is 12.4. The van der Waals surface area contributed by atoms with Crippen LogP contribution in [0.4, 0.5) is 5.95 Å². The number of ether oxygens (including phenoxy) is 1. The Morgan fingerprint density at radius 3 is 2.65 bits per heavy atom. The molecule has 0 aliphatic rings. The molecule has 0 bridgehead atoms. The third-order valence-electron chi connectivity index (χ3n) is 4.57. The molecule has 0 radical (unpaired) electrons. The van der Waals surface area contributed by atoms with Crippen molar-refractivity contribution in [3.05, 3.63) is 88.7 Å². The van der Waals surface area contributed by atoms with Crippen molar-refractivity contribution in [2.45, 2.75) is 13.0 Å². The van der Waals surface area contributed by atoms with Crippen LogP contribution in [0.5, 0.6) is 5.75 Å². The predicted octanol–water partition coefficient (Wildman–Crippen LogP) is 2.27. The summed E-state index contributed by atoms with van der Waals surface area (Å²) in [6.07, 6.45) is 3.29. The van der Waals surface area contributed by atoms with Crippen molar-refractivity contribution in [2.75, 3.05) is 12.4 Å². The molecule has 4 rings (SSSR count). The number of benzene rings is 2. The Balaban J connectivity index is 1.41. The number of hydrogen-bond acceptors (Lipinski definition) is 6. The summed E-state index contributed by atoms with van der Waals surface area (Å²) in [5.41, 5.74) is 2.11. The van der Waals surface area contributed by atoms with E-state index < -0.39 is 5.91 Å². The molecule has 1 amide bonds. The smallest absolute Gasteiger partial charge is 0.269 e. The Hall–Kier alpha value is -4.27. The van der Waals surface area contributed by atoms with E-state index in [4.69, 9.17) is 4.74 Å². The Labute approximate surface area is 177 Å². The number of amides is 1. The van der Waals surface area contributed by atoms with Gasteiger partial charge in [-0.1, -0.05) is 42.5 Å². The number of aromatic amines is 1. The fourth-order valence-electron chi connectivity index (χ4n) is 3.01. The van der Waals surface area contributed by atoms with Crippen LogP contribution in [0.25, 0.3) is 11.3 Å².